The van der Waals surface area contributed by atoms with Gasteiger partial charge in [-0.2, -0.15) is 5.10 Å². The number of anilines is 1. The average Bonchev–Trinajstić information content (AvgIpc) is 3.40. The molecule has 0 fully saturated rings. The summed E-state index contributed by atoms with van der Waals surface area (Å²) in [6.07, 6.45) is 1.19. The number of amides is 1. The summed E-state index contributed by atoms with van der Waals surface area (Å²) in [7, 11) is 0. The number of carbonyl (C=O) groups excluding carboxylic acids is 1. The fourth-order valence-electron chi connectivity index (χ4n) is 4.20. The highest BCUT2D eigenvalue weighted by molar-refractivity contribution is 7.71. The third-order valence-electron chi connectivity index (χ3n) is 5.90. The number of nitrogens with one attached hydrogen (secondary N) is 2. The molecule has 174 valence electrons. The molecule has 0 saturated heterocycles. The van der Waals surface area contributed by atoms with Crippen LogP contribution in [-0.2, 0) is 30.8 Å². The van der Waals surface area contributed by atoms with Crippen LogP contribution in [0.3, 0.4) is 0 Å². The van der Waals surface area contributed by atoms with Gasteiger partial charge in [0.25, 0.3) is 0 Å². The molecule has 0 saturated carbocycles. The van der Waals surface area contributed by atoms with E-state index < -0.39 is 0 Å². The topological polar surface area (TPSA) is 78.8 Å². The molecule has 2 N–H and O–H groups in total. The van der Waals surface area contributed by atoms with E-state index in [-0.39, 0.29) is 12.3 Å². The van der Waals surface area contributed by atoms with E-state index in [9.17, 15) is 4.79 Å². The van der Waals surface area contributed by atoms with E-state index in [0.717, 1.165) is 48.7 Å². The molecule has 34 heavy (non-hydrogen) atoms. The molecule has 1 amide bonds. The number of aromatic amines is 1. The highest BCUT2D eigenvalue weighted by Gasteiger charge is 2.21. The number of carbonyl (C=O) groups is 1. The largest absolute Gasteiger partial charge is 0.302 e. The number of aromatic nitrogens is 4. The summed E-state index contributed by atoms with van der Waals surface area (Å²) in [5.41, 5.74) is 4.53. The van der Waals surface area contributed by atoms with E-state index in [0.29, 0.717) is 16.4 Å². The average molecular weight is 491 g/mol. The summed E-state index contributed by atoms with van der Waals surface area (Å²) in [4.78, 5) is 21.0. The third kappa shape index (κ3) is 5.16. The van der Waals surface area contributed by atoms with Crippen molar-refractivity contribution >= 4 is 34.6 Å². The molecule has 5 rings (SSSR count). The van der Waals surface area contributed by atoms with Gasteiger partial charge in [-0.15, -0.1) is 11.3 Å². The molecule has 0 bridgehead atoms. The lowest BCUT2D eigenvalue weighted by atomic mass is 10.1. The van der Waals surface area contributed by atoms with Crippen molar-refractivity contribution in [2.75, 3.05) is 11.9 Å². The van der Waals surface area contributed by atoms with E-state index in [1.807, 2.05) is 35.8 Å². The summed E-state index contributed by atoms with van der Waals surface area (Å²) < 4.78 is 2.38. The molecule has 0 aliphatic carbocycles. The van der Waals surface area contributed by atoms with Crippen LogP contribution in [0.25, 0.3) is 11.4 Å². The summed E-state index contributed by atoms with van der Waals surface area (Å²) in [5, 5.41) is 10.9. The Kier molecular flexibility index (Phi) is 6.66. The molecule has 3 heterocycles. The Morgan fingerprint density at radius 1 is 1.21 bits per heavy atom. The first-order chi connectivity index (χ1) is 16.5. The number of thiazole rings is 1. The number of rotatable bonds is 7. The van der Waals surface area contributed by atoms with Gasteiger partial charge < -0.3 is 5.32 Å². The maximum atomic E-state index is 12.7. The lowest BCUT2D eigenvalue weighted by molar-refractivity contribution is -0.116. The summed E-state index contributed by atoms with van der Waals surface area (Å²) >= 11 is 6.98. The van der Waals surface area contributed by atoms with E-state index in [2.05, 4.69) is 55.7 Å². The van der Waals surface area contributed by atoms with Crippen LogP contribution in [-0.4, -0.2) is 37.1 Å². The van der Waals surface area contributed by atoms with Gasteiger partial charge in [0.05, 0.1) is 5.69 Å². The third-order valence-corrected chi connectivity index (χ3v) is 7.21. The Bertz CT molecular complexity index is 1360. The molecule has 7 nitrogen and oxygen atoms in total. The second kappa shape index (κ2) is 10.0. The Morgan fingerprint density at radius 2 is 2.06 bits per heavy atom. The van der Waals surface area contributed by atoms with Crippen molar-refractivity contribution in [1.82, 2.24) is 24.6 Å². The van der Waals surface area contributed by atoms with Crippen molar-refractivity contribution in [2.45, 2.75) is 39.4 Å². The fraction of sp³-hybridized carbons (Fsp3) is 0.280. The smallest absolute Gasteiger partial charge is 0.227 e. The normalized spacial score (nSPS) is 13.6. The molecule has 1 aliphatic rings. The molecule has 2 aromatic heterocycles. The molecule has 0 spiro atoms. The van der Waals surface area contributed by atoms with Gasteiger partial charge in [0.15, 0.2) is 15.7 Å². The standard InChI is InChI=1S/C25H26N6OS2/c1-17-6-5-9-19(14-17)23-28-29-25(33)31(23)13-11-22(32)27-24-26-20-10-12-30(16-21(20)34-24)15-18-7-3-2-4-8-18/h2-9,14H,10-13,15-16H2,1H3,(H,29,33)(H,26,27,32). The molecule has 1 aliphatic heterocycles. The molecular weight excluding hydrogens is 464 g/mol. The highest BCUT2D eigenvalue weighted by Crippen LogP contribution is 2.29. The van der Waals surface area contributed by atoms with E-state index in [1.165, 1.54) is 10.4 Å². The van der Waals surface area contributed by atoms with Crippen LogP contribution in [0.2, 0.25) is 0 Å². The zero-order valence-corrected chi connectivity index (χ0v) is 20.6. The van der Waals surface area contributed by atoms with Gasteiger partial charge >= 0.3 is 0 Å². The minimum absolute atomic E-state index is 0.0782. The summed E-state index contributed by atoms with van der Waals surface area (Å²) in [6.45, 7) is 5.24. The van der Waals surface area contributed by atoms with Gasteiger partial charge in [-0.05, 0) is 30.8 Å². The van der Waals surface area contributed by atoms with Crippen molar-refractivity contribution in [1.29, 1.82) is 0 Å². The lowest BCUT2D eigenvalue weighted by Gasteiger charge is -2.25. The monoisotopic (exact) mass is 490 g/mol. The number of benzene rings is 2. The number of hydrogen-bond acceptors (Lipinski definition) is 6. The lowest BCUT2D eigenvalue weighted by Crippen LogP contribution is -2.29. The molecule has 9 heteroatoms. The molecule has 0 atom stereocenters. The zero-order chi connectivity index (χ0) is 23.5. The van der Waals surface area contributed by atoms with Crippen LogP contribution in [0, 0.1) is 11.7 Å². The summed E-state index contributed by atoms with van der Waals surface area (Å²) in [6, 6.07) is 18.6. The Hall–Kier alpha value is -3.14. The Labute approximate surface area is 207 Å². The van der Waals surface area contributed by atoms with Crippen molar-refractivity contribution in [3.63, 3.8) is 0 Å². The quantitative estimate of drug-likeness (QED) is 0.358. The second-order valence-electron chi connectivity index (χ2n) is 8.51. The number of fused-ring (bicyclic) bond motifs is 1. The van der Waals surface area contributed by atoms with Crippen molar-refractivity contribution in [3.05, 3.63) is 81.1 Å². The van der Waals surface area contributed by atoms with Crippen LogP contribution in [0.1, 0.15) is 28.1 Å². The maximum Gasteiger partial charge on any atom is 0.227 e. The Balaban J connectivity index is 1.20. The second-order valence-corrected chi connectivity index (χ2v) is 9.98. The first-order valence-corrected chi connectivity index (χ1v) is 12.5. The molecule has 4 aromatic rings. The first-order valence-electron chi connectivity index (χ1n) is 11.3. The molecule has 0 unspecified atom stereocenters. The number of aryl methyl sites for hydroxylation is 1. The molecule has 2 aromatic carbocycles. The minimum Gasteiger partial charge on any atom is -0.302 e. The predicted octanol–water partition coefficient (Wildman–Crippen LogP) is 4.96. The van der Waals surface area contributed by atoms with Crippen LogP contribution >= 0.6 is 23.6 Å². The van der Waals surface area contributed by atoms with Gasteiger partial charge in [0.1, 0.15) is 0 Å². The van der Waals surface area contributed by atoms with Gasteiger partial charge in [-0.1, -0.05) is 54.1 Å². The predicted molar refractivity (Wildman–Crippen MR) is 137 cm³/mol. The molecular formula is C25H26N6OS2. The fourth-order valence-corrected chi connectivity index (χ4v) is 5.49. The van der Waals surface area contributed by atoms with Gasteiger partial charge in [-0.25, -0.2) is 4.98 Å². The Morgan fingerprint density at radius 3 is 2.88 bits per heavy atom. The van der Waals surface area contributed by atoms with E-state index >= 15 is 0 Å². The first kappa shape index (κ1) is 22.6. The van der Waals surface area contributed by atoms with Crippen LogP contribution in [0.5, 0.6) is 0 Å². The van der Waals surface area contributed by atoms with E-state index in [1.54, 1.807) is 11.3 Å². The van der Waals surface area contributed by atoms with Crippen LogP contribution in [0.15, 0.2) is 54.6 Å². The number of H-pyrrole nitrogens is 1. The minimum atomic E-state index is -0.0782. The summed E-state index contributed by atoms with van der Waals surface area (Å²) in [5.74, 6) is 0.662. The SMILES string of the molecule is Cc1cccc(-c2n[nH]c(=S)n2CCC(=O)Nc2nc3c(s2)CN(Cc2ccccc2)CC3)c1. The number of hydrogen-bond donors (Lipinski definition) is 2. The van der Waals surface area contributed by atoms with Crippen molar-refractivity contribution < 1.29 is 4.79 Å². The molecule has 0 radical (unpaired) electrons. The van der Waals surface area contributed by atoms with Gasteiger partial charge in [-0.3, -0.25) is 19.4 Å². The zero-order valence-electron chi connectivity index (χ0n) is 19.0. The maximum absolute atomic E-state index is 12.7. The van der Waals surface area contributed by atoms with E-state index in [4.69, 9.17) is 12.2 Å². The van der Waals surface area contributed by atoms with Gasteiger partial charge in [0.2, 0.25) is 5.91 Å². The van der Waals surface area contributed by atoms with Crippen LogP contribution < -0.4 is 5.32 Å². The van der Waals surface area contributed by atoms with Gasteiger partial charge in [0, 0.05) is 49.5 Å². The van der Waals surface area contributed by atoms with Crippen LogP contribution in [0.4, 0.5) is 5.13 Å². The highest BCUT2D eigenvalue weighted by atomic mass is 32.1. The number of nitrogens with zero attached hydrogens (tertiary/aromatic N) is 4. The van der Waals surface area contributed by atoms with Crippen molar-refractivity contribution in [3.8, 4) is 11.4 Å². The van der Waals surface area contributed by atoms with Crippen molar-refractivity contribution in [2.24, 2.45) is 0 Å².